The van der Waals surface area contributed by atoms with Gasteiger partial charge in [-0.3, -0.25) is 4.79 Å². The van der Waals surface area contributed by atoms with Gasteiger partial charge in [0.25, 0.3) is 0 Å². The van der Waals surface area contributed by atoms with E-state index in [-0.39, 0.29) is 11.4 Å². The lowest BCUT2D eigenvalue weighted by atomic mass is 9.75. The first-order valence-corrected chi connectivity index (χ1v) is 5.68. The molecule has 0 unspecified atom stereocenters. The highest BCUT2D eigenvalue weighted by molar-refractivity contribution is 5.77. The van der Waals surface area contributed by atoms with Gasteiger partial charge in [0.1, 0.15) is 0 Å². The smallest absolute Gasteiger partial charge is 0.224 e. The number of rotatable bonds is 5. The highest BCUT2D eigenvalue weighted by Crippen LogP contribution is 2.32. The minimum atomic E-state index is -0.209. The summed E-state index contributed by atoms with van der Waals surface area (Å²) in [6.45, 7) is 9.16. The molecule has 0 spiro atoms. The van der Waals surface area contributed by atoms with Crippen molar-refractivity contribution in [3.05, 3.63) is 12.2 Å². The molecule has 0 aromatic heterocycles. The molecule has 1 rings (SSSR count). The minimum absolute atomic E-state index is 0.169. The van der Waals surface area contributed by atoms with Gasteiger partial charge in [-0.25, -0.2) is 0 Å². The second-order valence-corrected chi connectivity index (χ2v) is 4.76. The van der Waals surface area contributed by atoms with E-state index in [2.05, 4.69) is 6.58 Å². The summed E-state index contributed by atoms with van der Waals surface area (Å²) >= 11 is 0. The van der Waals surface area contributed by atoms with Crippen molar-refractivity contribution in [2.75, 3.05) is 13.1 Å². The van der Waals surface area contributed by atoms with E-state index in [1.54, 1.807) is 0 Å². The van der Waals surface area contributed by atoms with Crippen LogP contribution in [-0.4, -0.2) is 29.4 Å². The molecule has 3 heteroatoms. The summed E-state index contributed by atoms with van der Waals surface area (Å²) in [5.74, 6) is 0.169. The van der Waals surface area contributed by atoms with Gasteiger partial charge < -0.3 is 10.6 Å². The van der Waals surface area contributed by atoms with Gasteiger partial charge in [0.2, 0.25) is 5.91 Å². The number of nitrogens with zero attached hydrogens (tertiary/aromatic N) is 1. The topological polar surface area (TPSA) is 46.3 Å². The van der Waals surface area contributed by atoms with Crippen LogP contribution in [0.25, 0.3) is 0 Å². The summed E-state index contributed by atoms with van der Waals surface area (Å²) in [5, 5.41) is 0. The molecule has 0 aromatic rings. The molecule has 0 radical (unpaired) electrons. The molecule has 3 nitrogen and oxygen atoms in total. The Hall–Kier alpha value is -0.830. The molecule has 1 saturated carbocycles. The molecule has 2 N–H and O–H groups in total. The normalized spacial score (nSPS) is 18.1. The Balaban J connectivity index is 2.45. The van der Waals surface area contributed by atoms with Crippen molar-refractivity contribution in [2.45, 2.75) is 45.1 Å². The van der Waals surface area contributed by atoms with Crippen molar-refractivity contribution in [3.8, 4) is 0 Å². The second-order valence-electron chi connectivity index (χ2n) is 4.76. The standard InChI is InChI=1S/C12H22N2O/c1-4-14(9-10(2)3)11(15)8-12(13)6-5-7-12/h2,4-9,13H2,1,3H3. The zero-order chi connectivity index (χ0) is 11.5. The van der Waals surface area contributed by atoms with E-state index in [9.17, 15) is 4.79 Å². The fourth-order valence-electron chi connectivity index (χ4n) is 1.92. The van der Waals surface area contributed by atoms with Crippen LogP contribution < -0.4 is 5.73 Å². The molecule has 0 saturated heterocycles. The molecule has 1 fully saturated rings. The van der Waals surface area contributed by atoms with E-state index in [0.29, 0.717) is 13.0 Å². The van der Waals surface area contributed by atoms with Crippen LogP contribution in [0, 0.1) is 0 Å². The third kappa shape index (κ3) is 3.34. The highest BCUT2D eigenvalue weighted by atomic mass is 16.2. The van der Waals surface area contributed by atoms with E-state index < -0.39 is 0 Å². The molecular weight excluding hydrogens is 188 g/mol. The zero-order valence-corrected chi connectivity index (χ0v) is 9.88. The van der Waals surface area contributed by atoms with Gasteiger partial charge in [-0.15, -0.1) is 0 Å². The largest absolute Gasteiger partial charge is 0.339 e. The number of likely N-dealkylation sites (N-methyl/N-ethyl adjacent to an activating group) is 1. The summed E-state index contributed by atoms with van der Waals surface area (Å²) in [6, 6.07) is 0. The van der Waals surface area contributed by atoms with Gasteiger partial charge in [0, 0.05) is 25.0 Å². The third-order valence-electron chi connectivity index (χ3n) is 3.05. The molecule has 0 heterocycles. The van der Waals surface area contributed by atoms with Crippen LogP contribution >= 0.6 is 0 Å². The Bertz CT molecular complexity index is 256. The third-order valence-corrected chi connectivity index (χ3v) is 3.05. The predicted octanol–water partition coefficient (Wildman–Crippen LogP) is 1.68. The maximum atomic E-state index is 11.9. The molecule has 1 aliphatic carbocycles. The molecule has 0 aliphatic heterocycles. The van der Waals surface area contributed by atoms with E-state index in [4.69, 9.17) is 5.73 Å². The average molecular weight is 210 g/mol. The van der Waals surface area contributed by atoms with Gasteiger partial charge >= 0.3 is 0 Å². The number of carbonyl (C=O) groups excluding carboxylic acids is 1. The maximum absolute atomic E-state index is 11.9. The summed E-state index contributed by atoms with van der Waals surface area (Å²) in [7, 11) is 0. The minimum Gasteiger partial charge on any atom is -0.339 e. The van der Waals surface area contributed by atoms with Crippen molar-refractivity contribution >= 4 is 5.91 Å². The fourth-order valence-corrected chi connectivity index (χ4v) is 1.92. The van der Waals surface area contributed by atoms with Gasteiger partial charge in [-0.2, -0.15) is 0 Å². The summed E-state index contributed by atoms with van der Waals surface area (Å²) in [6.07, 6.45) is 3.64. The van der Waals surface area contributed by atoms with Crippen LogP contribution in [0.5, 0.6) is 0 Å². The van der Waals surface area contributed by atoms with Gasteiger partial charge in [0.05, 0.1) is 0 Å². The van der Waals surface area contributed by atoms with Crippen molar-refractivity contribution in [2.24, 2.45) is 5.73 Å². The molecule has 1 amide bonds. The maximum Gasteiger partial charge on any atom is 0.224 e. The van der Waals surface area contributed by atoms with Crippen LogP contribution in [0.15, 0.2) is 12.2 Å². The summed E-state index contributed by atoms with van der Waals surface area (Å²) < 4.78 is 0. The van der Waals surface area contributed by atoms with Crippen LogP contribution in [0.4, 0.5) is 0 Å². The second kappa shape index (κ2) is 4.79. The van der Waals surface area contributed by atoms with Gasteiger partial charge in [-0.05, 0) is 33.1 Å². The molecular formula is C12H22N2O. The molecule has 1 aliphatic rings. The molecule has 86 valence electrons. The number of amides is 1. The van der Waals surface area contributed by atoms with Crippen LogP contribution in [0.3, 0.4) is 0 Å². The summed E-state index contributed by atoms with van der Waals surface area (Å²) in [4.78, 5) is 13.8. The highest BCUT2D eigenvalue weighted by Gasteiger charge is 2.35. The van der Waals surface area contributed by atoms with Crippen LogP contribution in [0.1, 0.15) is 39.5 Å². The Morgan fingerprint density at radius 3 is 2.47 bits per heavy atom. The van der Waals surface area contributed by atoms with Crippen molar-refractivity contribution in [3.63, 3.8) is 0 Å². The number of nitrogens with two attached hydrogens (primary N) is 1. The average Bonchev–Trinajstić information content (AvgIpc) is 2.11. The zero-order valence-electron chi connectivity index (χ0n) is 9.88. The molecule has 0 atom stereocenters. The first-order chi connectivity index (χ1) is 6.97. The lowest BCUT2D eigenvalue weighted by Gasteiger charge is -2.38. The van der Waals surface area contributed by atoms with Crippen molar-refractivity contribution in [1.29, 1.82) is 0 Å². The van der Waals surface area contributed by atoms with Crippen molar-refractivity contribution in [1.82, 2.24) is 4.90 Å². The Labute approximate surface area is 92.3 Å². The SMILES string of the molecule is C=C(C)CN(CC)C(=O)CC1(N)CCC1. The van der Waals surface area contributed by atoms with E-state index in [0.717, 1.165) is 31.4 Å². The van der Waals surface area contributed by atoms with Crippen LogP contribution in [-0.2, 0) is 4.79 Å². The van der Waals surface area contributed by atoms with E-state index in [1.807, 2.05) is 18.7 Å². The van der Waals surface area contributed by atoms with E-state index in [1.165, 1.54) is 0 Å². The number of hydrogen-bond donors (Lipinski definition) is 1. The van der Waals surface area contributed by atoms with Gasteiger partial charge in [-0.1, -0.05) is 12.2 Å². The first kappa shape index (κ1) is 12.2. The predicted molar refractivity (Wildman–Crippen MR) is 62.5 cm³/mol. The molecule has 15 heavy (non-hydrogen) atoms. The summed E-state index contributed by atoms with van der Waals surface area (Å²) in [5.41, 5.74) is 6.87. The lowest BCUT2D eigenvalue weighted by Crippen LogP contribution is -2.50. The number of hydrogen-bond acceptors (Lipinski definition) is 2. The molecule has 0 aromatic carbocycles. The van der Waals surface area contributed by atoms with Crippen LogP contribution in [0.2, 0.25) is 0 Å². The van der Waals surface area contributed by atoms with E-state index >= 15 is 0 Å². The Morgan fingerprint density at radius 2 is 2.13 bits per heavy atom. The number of carbonyl (C=O) groups is 1. The fraction of sp³-hybridized carbons (Fsp3) is 0.750. The molecule has 0 bridgehead atoms. The monoisotopic (exact) mass is 210 g/mol. The lowest BCUT2D eigenvalue weighted by molar-refractivity contribution is -0.132. The first-order valence-electron chi connectivity index (χ1n) is 5.68. The van der Waals surface area contributed by atoms with Crippen molar-refractivity contribution < 1.29 is 4.79 Å². The Morgan fingerprint density at radius 1 is 1.53 bits per heavy atom. The van der Waals surface area contributed by atoms with Gasteiger partial charge in [0.15, 0.2) is 0 Å². The Kier molecular flexibility index (Phi) is 3.91. The quantitative estimate of drug-likeness (QED) is 0.702.